The van der Waals surface area contributed by atoms with Crippen LogP contribution in [0, 0.1) is 0 Å². The molecule has 0 saturated carbocycles. The Morgan fingerprint density at radius 3 is 2.50 bits per heavy atom. The van der Waals surface area contributed by atoms with E-state index in [1.165, 1.54) is 0 Å². The van der Waals surface area contributed by atoms with Gasteiger partial charge in [0.1, 0.15) is 11.1 Å². The normalized spacial score (nSPS) is 13.7. The number of ether oxygens (including phenoxy) is 1. The maximum atomic E-state index is 11.3. The molecule has 0 radical (unpaired) electrons. The third-order valence-electron chi connectivity index (χ3n) is 1.31. The van der Waals surface area contributed by atoms with E-state index in [9.17, 15) is 4.79 Å². The van der Waals surface area contributed by atoms with Crippen molar-refractivity contribution in [1.82, 2.24) is 0 Å². The van der Waals surface area contributed by atoms with Gasteiger partial charge in [0.15, 0.2) is 0 Å². The smallest absolute Gasteiger partial charge is 0.317 e. The second-order valence-electron chi connectivity index (χ2n) is 3.65. The average Bonchev–Trinajstić information content (AvgIpc) is 1.97. The summed E-state index contributed by atoms with van der Waals surface area (Å²) in [6.45, 7) is 10.1. The molecule has 2 nitrogen and oxygen atoms in total. The first-order valence-corrected chi connectivity index (χ1v) is 8.30. The Balaban J connectivity index is 4.02. The van der Waals surface area contributed by atoms with Crippen LogP contribution in [0.15, 0.2) is 12.7 Å². The van der Waals surface area contributed by atoms with Gasteiger partial charge in [0, 0.05) is 0 Å². The van der Waals surface area contributed by atoms with Gasteiger partial charge in [-0.3, -0.25) is 4.79 Å². The third kappa shape index (κ3) is 4.06. The van der Waals surface area contributed by atoms with E-state index >= 15 is 0 Å². The first-order valence-electron chi connectivity index (χ1n) is 3.81. The molecule has 0 aliphatic heterocycles. The molecule has 0 aliphatic rings. The lowest BCUT2D eigenvalue weighted by Crippen LogP contribution is -2.40. The van der Waals surface area contributed by atoms with Crippen LogP contribution in [-0.2, 0) is 9.53 Å². The summed E-state index contributed by atoms with van der Waals surface area (Å²) in [6, 6.07) is 0. The number of halogens is 1. The number of esters is 1. The summed E-state index contributed by atoms with van der Waals surface area (Å²) in [5, 5.41) is 0. The molecule has 0 N–H and O–H groups in total. The lowest BCUT2D eigenvalue weighted by molar-refractivity contribution is -0.140. The van der Waals surface area contributed by atoms with E-state index in [2.05, 4.69) is 42.1 Å². The molecule has 0 fully saturated rings. The average molecular weight is 251 g/mol. The van der Waals surface area contributed by atoms with Crippen molar-refractivity contribution in [1.29, 1.82) is 0 Å². The zero-order chi connectivity index (χ0) is 9.78. The van der Waals surface area contributed by atoms with Gasteiger partial charge in [-0.1, -0.05) is 48.2 Å². The highest BCUT2D eigenvalue weighted by Gasteiger charge is 2.31. The fourth-order valence-electron chi connectivity index (χ4n) is 0.568. The molecule has 12 heavy (non-hydrogen) atoms. The Bertz CT molecular complexity index is 174. The van der Waals surface area contributed by atoms with Crippen molar-refractivity contribution in [3.8, 4) is 0 Å². The molecule has 0 aromatic carbocycles. The number of hydrogen-bond acceptors (Lipinski definition) is 2. The lowest BCUT2D eigenvalue weighted by atomic mass is 10.7. The van der Waals surface area contributed by atoms with Gasteiger partial charge in [-0.25, -0.2) is 0 Å². The van der Waals surface area contributed by atoms with Crippen LogP contribution >= 0.6 is 15.9 Å². The largest absolute Gasteiger partial charge is 0.461 e. The molecular weight excluding hydrogens is 236 g/mol. The van der Waals surface area contributed by atoms with E-state index in [0.29, 0.717) is 6.61 Å². The number of alkyl halides is 1. The van der Waals surface area contributed by atoms with E-state index in [4.69, 9.17) is 4.74 Å². The summed E-state index contributed by atoms with van der Waals surface area (Å²) in [5.74, 6) is -0.172. The zero-order valence-corrected chi connectivity index (χ0v) is 10.3. The number of carbonyl (C=O) groups excluding carboxylic acids is 1. The zero-order valence-electron chi connectivity index (χ0n) is 7.76. The first kappa shape index (κ1) is 11.9. The van der Waals surface area contributed by atoms with Gasteiger partial charge in [-0.2, -0.15) is 0 Å². The van der Waals surface area contributed by atoms with Crippen molar-refractivity contribution in [2.75, 3.05) is 6.61 Å². The van der Waals surface area contributed by atoms with Gasteiger partial charge in [0.2, 0.25) is 0 Å². The summed E-state index contributed by atoms with van der Waals surface area (Å²) in [6.07, 6.45) is 1.57. The molecule has 0 bridgehead atoms. The minimum atomic E-state index is -1.47. The maximum absolute atomic E-state index is 11.3. The third-order valence-corrected chi connectivity index (χ3v) is 7.56. The van der Waals surface area contributed by atoms with Gasteiger partial charge < -0.3 is 4.74 Å². The van der Waals surface area contributed by atoms with Gasteiger partial charge in [-0.05, 0) is 0 Å². The molecule has 0 rings (SSSR count). The highest BCUT2D eigenvalue weighted by atomic mass is 79.9. The second kappa shape index (κ2) is 4.82. The highest BCUT2D eigenvalue weighted by Crippen LogP contribution is 2.17. The van der Waals surface area contributed by atoms with Crippen LogP contribution in [0.1, 0.15) is 0 Å². The topological polar surface area (TPSA) is 26.3 Å². The van der Waals surface area contributed by atoms with Gasteiger partial charge in [0.25, 0.3) is 0 Å². The fourth-order valence-corrected chi connectivity index (χ4v) is 1.49. The number of hydrogen-bond donors (Lipinski definition) is 0. The monoisotopic (exact) mass is 250 g/mol. The Labute approximate surface area is 83.1 Å². The van der Waals surface area contributed by atoms with Crippen molar-refractivity contribution >= 4 is 30.0 Å². The van der Waals surface area contributed by atoms with Crippen molar-refractivity contribution < 1.29 is 9.53 Å². The fraction of sp³-hybridized carbons (Fsp3) is 0.625. The molecule has 0 saturated heterocycles. The lowest BCUT2D eigenvalue weighted by Gasteiger charge is -2.21. The molecule has 0 amide bonds. The van der Waals surface area contributed by atoms with E-state index in [0.717, 1.165) is 0 Å². The van der Waals surface area contributed by atoms with Crippen molar-refractivity contribution in [3.63, 3.8) is 0 Å². The molecule has 4 heteroatoms. The predicted octanol–water partition coefficient (Wildman–Crippen LogP) is 2.36. The molecule has 0 heterocycles. The van der Waals surface area contributed by atoms with Gasteiger partial charge >= 0.3 is 5.97 Å². The van der Waals surface area contributed by atoms with E-state index in [1.807, 2.05) is 0 Å². The molecule has 1 unspecified atom stereocenters. The maximum Gasteiger partial charge on any atom is 0.317 e. The minimum absolute atomic E-state index is 0.120. The van der Waals surface area contributed by atoms with Crippen LogP contribution in [0.3, 0.4) is 0 Å². The molecule has 0 spiro atoms. The van der Waals surface area contributed by atoms with E-state index < -0.39 is 8.07 Å². The van der Waals surface area contributed by atoms with Crippen molar-refractivity contribution in [3.05, 3.63) is 12.7 Å². The van der Waals surface area contributed by atoms with Crippen molar-refractivity contribution in [2.45, 2.75) is 24.1 Å². The Kier molecular flexibility index (Phi) is 4.78. The molecule has 0 aromatic rings. The van der Waals surface area contributed by atoms with Crippen LogP contribution < -0.4 is 0 Å². The summed E-state index contributed by atoms with van der Waals surface area (Å²) in [5.41, 5.74) is 0. The van der Waals surface area contributed by atoms with E-state index in [1.54, 1.807) is 6.08 Å². The molecule has 70 valence electrons. The van der Waals surface area contributed by atoms with Gasteiger partial charge in [-0.15, -0.1) is 0 Å². The number of carbonyl (C=O) groups is 1. The Morgan fingerprint density at radius 1 is 1.67 bits per heavy atom. The summed E-state index contributed by atoms with van der Waals surface area (Å²) in [4.78, 5) is 11.3. The molecular formula is C8H15BrO2Si. The summed E-state index contributed by atoms with van der Waals surface area (Å²) < 4.78 is 4.79. The first-order chi connectivity index (χ1) is 5.39. The Morgan fingerprint density at radius 2 is 2.17 bits per heavy atom. The molecule has 0 aliphatic carbocycles. The van der Waals surface area contributed by atoms with Crippen LogP contribution in [0.25, 0.3) is 0 Å². The van der Waals surface area contributed by atoms with Crippen LogP contribution in [0.2, 0.25) is 19.6 Å². The molecule has 1 atom stereocenters. The standard InChI is InChI=1S/C8H15BrO2Si/c1-5-6-11-8(10)7(9)12(2,3)4/h5,7H,1,6H2,2-4H3. The molecule has 0 aromatic heterocycles. The highest BCUT2D eigenvalue weighted by molar-refractivity contribution is 9.10. The second-order valence-corrected chi connectivity index (χ2v) is 10.7. The summed E-state index contributed by atoms with van der Waals surface area (Å²) >= 11 is 3.35. The minimum Gasteiger partial charge on any atom is -0.461 e. The predicted molar refractivity (Wildman–Crippen MR) is 57.2 cm³/mol. The van der Waals surface area contributed by atoms with E-state index in [-0.39, 0.29) is 10.4 Å². The Hall–Kier alpha value is -0.0931. The quantitative estimate of drug-likeness (QED) is 0.332. The SMILES string of the molecule is C=CCOC(=O)C(Br)[Si](C)(C)C. The van der Waals surface area contributed by atoms with Crippen LogP contribution in [-0.4, -0.2) is 25.1 Å². The number of rotatable bonds is 4. The van der Waals surface area contributed by atoms with Crippen LogP contribution in [0.4, 0.5) is 0 Å². The van der Waals surface area contributed by atoms with Gasteiger partial charge in [0.05, 0.1) is 8.07 Å². The summed E-state index contributed by atoms with van der Waals surface area (Å²) in [7, 11) is -1.47. The van der Waals surface area contributed by atoms with Crippen molar-refractivity contribution in [2.24, 2.45) is 0 Å². The van der Waals surface area contributed by atoms with Crippen LogP contribution in [0.5, 0.6) is 0 Å².